The van der Waals surface area contributed by atoms with E-state index in [9.17, 15) is 13.6 Å². The van der Waals surface area contributed by atoms with Gasteiger partial charge in [0.2, 0.25) is 5.91 Å². The molecule has 0 spiro atoms. The lowest BCUT2D eigenvalue weighted by atomic mass is 10.2. The molecule has 0 atom stereocenters. The number of primary amides is 1. The van der Waals surface area contributed by atoms with E-state index < -0.39 is 12.3 Å². The van der Waals surface area contributed by atoms with Crippen molar-refractivity contribution in [1.82, 2.24) is 15.0 Å². The van der Waals surface area contributed by atoms with Gasteiger partial charge in [-0.2, -0.15) is 0 Å². The van der Waals surface area contributed by atoms with E-state index in [0.29, 0.717) is 6.54 Å². The average molecular weight is 246 g/mol. The zero-order valence-corrected chi connectivity index (χ0v) is 9.70. The number of rotatable bonds is 7. The van der Waals surface area contributed by atoms with Crippen LogP contribution in [0, 0.1) is 0 Å². The normalized spacial score (nSPS) is 11.1. The molecule has 0 aliphatic heterocycles. The summed E-state index contributed by atoms with van der Waals surface area (Å²) >= 11 is 0. The number of nitrogens with two attached hydrogens (primary N) is 1. The summed E-state index contributed by atoms with van der Waals surface area (Å²) < 4.78 is 26.8. The van der Waals surface area contributed by atoms with Crippen molar-refractivity contribution in [3.63, 3.8) is 0 Å². The molecule has 17 heavy (non-hydrogen) atoms. The Kier molecular flexibility index (Phi) is 4.99. The van der Waals surface area contributed by atoms with Crippen LogP contribution in [0.15, 0.2) is 0 Å². The van der Waals surface area contributed by atoms with Crippen LogP contribution in [-0.2, 0) is 17.8 Å². The van der Waals surface area contributed by atoms with Crippen LogP contribution < -0.4 is 5.73 Å². The van der Waals surface area contributed by atoms with E-state index >= 15 is 0 Å². The first-order chi connectivity index (χ1) is 8.06. The van der Waals surface area contributed by atoms with Crippen molar-refractivity contribution in [3.05, 3.63) is 11.4 Å². The Balaban J connectivity index is 2.82. The summed E-state index contributed by atoms with van der Waals surface area (Å²) in [6.45, 7) is 2.41. The second kappa shape index (κ2) is 6.27. The van der Waals surface area contributed by atoms with E-state index in [1.165, 1.54) is 4.68 Å². The summed E-state index contributed by atoms with van der Waals surface area (Å²) in [5.41, 5.74) is 4.65. The first-order valence-electron chi connectivity index (χ1n) is 5.55. The molecule has 0 radical (unpaired) electrons. The first-order valence-corrected chi connectivity index (χ1v) is 5.55. The number of halogens is 2. The molecule has 1 amide bonds. The van der Waals surface area contributed by atoms with Crippen LogP contribution in [0.2, 0.25) is 0 Å². The molecule has 1 aromatic heterocycles. The lowest BCUT2D eigenvalue weighted by Crippen LogP contribution is -2.16. The fourth-order valence-corrected chi connectivity index (χ4v) is 1.56. The predicted molar refractivity (Wildman–Crippen MR) is 57.4 cm³/mol. The second-order valence-corrected chi connectivity index (χ2v) is 3.80. The van der Waals surface area contributed by atoms with Gasteiger partial charge in [0, 0.05) is 6.54 Å². The summed E-state index contributed by atoms with van der Waals surface area (Å²) in [5.74, 6) is -0.687. The fraction of sp³-hybridized carbons (Fsp3) is 0.700. The van der Waals surface area contributed by atoms with Crippen molar-refractivity contribution < 1.29 is 13.6 Å². The monoisotopic (exact) mass is 246 g/mol. The number of alkyl halides is 2. The smallest absolute Gasteiger partial charge is 0.281 e. The van der Waals surface area contributed by atoms with Crippen molar-refractivity contribution in [3.8, 4) is 0 Å². The van der Waals surface area contributed by atoms with Crippen LogP contribution in [-0.4, -0.2) is 20.9 Å². The Labute approximate surface area is 98.0 Å². The van der Waals surface area contributed by atoms with Gasteiger partial charge in [-0.1, -0.05) is 25.0 Å². The molecule has 2 N–H and O–H groups in total. The molecular weight excluding hydrogens is 230 g/mol. The molecule has 7 heteroatoms. The van der Waals surface area contributed by atoms with E-state index in [2.05, 4.69) is 10.3 Å². The van der Waals surface area contributed by atoms with Crippen LogP contribution in [0.4, 0.5) is 8.78 Å². The van der Waals surface area contributed by atoms with Crippen molar-refractivity contribution in [2.75, 3.05) is 0 Å². The zero-order valence-electron chi connectivity index (χ0n) is 9.70. The molecular formula is C10H16F2N4O. The third kappa shape index (κ3) is 3.76. The molecule has 0 saturated heterocycles. The number of unbranched alkanes of at least 4 members (excludes halogenated alkanes) is 2. The SMILES string of the molecule is CCCCCn1nnc(CC(N)=O)c1C(F)F. The topological polar surface area (TPSA) is 73.8 Å². The first kappa shape index (κ1) is 13.5. The van der Waals surface area contributed by atoms with Crippen molar-refractivity contribution in [2.45, 2.75) is 45.6 Å². The predicted octanol–water partition coefficient (Wildman–Crippen LogP) is 1.43. The number of aryl methyl sites for hydroxylation is 1. The maximum Gasteiger partial charge on any atom is 0.281 e. The molecule has 96 valence electrons. The van der Waals surface area contributed by atoms with Gasteiger partial charge in [0.05, 0.1) is 6.42 Å². The Hall–Kier alpha value is -1.53. The minimum atomic E-state index is -2.69. The maximum atomic E-state index is 12.8. The van der Waals surface area contributed by atoms with Crippen molar-refractivity contribution in [2.24, 2.45) is 5.73 Å². The molecule has 0 bridgehead atoms. The summed E-state index contributed by atoms with van der Waals surface area (Å²) in [7, 11) is 0. The highest BCUT2D eigenvalue weighted by Crippen LogP contribution is 2.22. The fourth-order valence-electron chi connectivity index (χ4n) is 1.56. The zero-order chi connectivity index (χ0) is 12.8. The van der Waals surface area contributed by atoms with E-state index in [0.717, 1.165) is 19.3 Å². The minimum absolute atomic E-state index is 0.0241. The molecule has 0 aliphatic rings. The molecule has 0 saturated carbocycles. The van der Waals surface area contributed by atoms with Gasteiger partial charge in [0.15, 0.2) is 0 Å². The molecule has 1 aromatic rings. The highest BCUT2D eigenvalue weighted by Gasteiger charge is 2.22. The lowest BCUT2D eigenvalue weighted by molar-refractivity contribution is -0.117. The van der Waals surface area contributed by atoms with Gasteiger partial charge in [0.1, 0.15) is 11.4 Å². The van der Waals surface area contributed by atoms with Gasteiger partial charge in [-0.25, -0.2) is 13.5 Å². The van der Waals surface area contributed by atoms with E-state index in [-0.39, 0.29) is 17.8 Å². The lowest BCUT2D eigenvalue weighted by Gasteiger charge is -2.06. The number of nitrogens with zero attached hydrogens (tertiary/aromatic N) is 3. The van der Waals surface area contributed by atoms with Crippen LogP contribution in [0.5, 0.6) is 0 Å². The number of carbonyl (C=O) groups is 1. The van der Waals surface area contributed by atoms with Crippen molar-refractivity contribution >= 4 is 5.91 Å². The van der Waals surface area contributed by atoms with Gasteiger partial charge in [-0.05, 0) is 6.42 Å². The maximum absolute atomic E-state index is 12.8. The van der Waals surface area contributed by atoms with E-state index in [4.69, 9.17) is 5.73 Å². The number of amides is 1. The Morgan fingerprint density at radius 1 is 1.47 bits per heavy atom. The Morgan fingerprint density at radius 2 is 2.18 bits per heavy atom. The molecule has 0 fully saturated rings. The molecule has 0 aliphatic carbocycles. The second-order valence-electron chi connectivity index (χ2n) is 3.80. The third-order valence-corrected chi connectivity index (χ3v) is 2.37. The standard InChI is InChI=1S/C10H16F2N4O/c1-2-3-4-5-16-9(10(11)12)7(14-15-16)6-8(13)17/h10H,2-6H2,1H3,(H2,13,17). The van der Waals surface area contributed by atoms with Crippen LogP contribution in [0.25, 0.3) is 0 Å². The van der Waals surface area contributed by atoms with Crippen LogP contribution in [0.3, 0.4) is 0 Å². The number of carbonyl (C=O) groups excluding carboxylic acids is 1. The summed E-state index contributed by atoms with van der Waals surface area (Å²) in [6, 6.07) is 0. The van der Waals surface area contributed by atoms with Crippen LogP contribution >= 0.6 is 0 Å². The van der Waals surface area contributed by atoms with Gasteiger partial charge in [0.25, 0.3) is 6.43 Å². The number of aromatic nitrogens is 3. The van der Waals surface area contributed by atoms with Gasteiger partial charge in [-0.3, -0.25) is 4.79 Å². The third-order valence-electron chi connectivity index (χ3n) is 2.37. The summed E-state index contributed by atoms with van der Waals surface area (Å²) in [5, 5.41) is 7.23. The van der Waals surface area contributed by atoms with E-state index in [1.54, 1.807) is 0 Å². The molecule has 0 unspecified atom stereocenters. The van der Waals surface area contributed by atoms with Crippen LogP contribution in [0.1, 0.15) is 44.0 Å². The molecule has 1 heterocycles. The Morgan fingerprint density at radius 3 is 2.71 bits per heavy atom. The van der Waals surface area contributed by atoms with E-state index in [1.807, 2.05) is 6.92 Å². The molecule has 0 aromatic carbocycles. The highest BCUT2D eigenvalue weighted by atomic mass is 19.3. The minimum Gasteiger partial charge on any atom is -0.369 e. The number of hydrogen-bond acceptors (Lipinski definition) is 3. The van der Waals surface area contributed by atoms with Crippen molar-refractivity contribution in [1.29, 1.82) is 0 Å². The molecule has 1 rings (SSSR count). The van der Waals surface area contributed by atoms with Gasteiger partial charge < -0.3 is 5.73 Å². The Bertz CT molecular complexity index is 378. The quantitative estimate of drug-likeness (QED) is 0.740. The largest absolute Gasteiger partial charge is 0.369 e. The number of hydrogen-bond donors (Lipinski definition) is 1. The van der Waals surface area contributed by atoms with Gasteiger partial charge in [-0.15, -0.1) is 5.10 Å². The summed E-state index contributed by atoms with van der Waals surface area (Å²) in [6.07, 6.45) is -0.301. The van der Waals surface area contributed by atoms with Gasteiger partial charge >= 0.3 is 0 Å². The summed E-state index contributed by atoms with van der Waals surface area (Å²) in [4.78, 5) is 10.7. The highest BCUT2D eigenvalue weighted by molar-refractivity contribution is 5.76. The average Bonchev–Trinajstić information content (AvgIpc) is 2.60. The molecule has 5 nitrogen and oxygen atoms in total.